The molecule has 0 aromatic heterocycles. The van der Waals surface area contributed by atoms with Crippen LogP contribution >= 0.6 is 0 Å². The topological polar surface area (TPSA) is 46.4 Å². The number of benzene rings is 3. The third kappa shape index (κ3) is 11.9. The zero-order valence-corrected chi connectivity index (χ0v) is 33.4. The number of ketones is 1. The Balaban J connectivity index is 1.18. The molecule has 2 aliphatic carbocycles. The molecule has 0 heterocycles. The SMILES string of the molecule is CCCCCCCCCCCN(c1ccccc1)c1ccc(C2=C([O-])C(C3C=CC(=[N+](CCCCCCCCCCC)c4ccccc4)C=C3)C2=O)cc1. The van der Waals surface area contributed by atoms with E-state index in [1.807, 2.05) is 12.1 Å². The normalized spacial score (nSPS) is 16.6. The van der Waals surface area contributed by atoms with Gasteiger partial charge in [0.15, 0.2) is 5.78 Å². The Morgan fingerprint density at radius 2 is 1.06 bits per heavy atom. The van der Waals surface area contributed by atoms with Gasteiger partial charge < -0.3 is 10.0 Å². The maximum Gasteiger partial charge on any atom is 0.205 e. The van der Waals surface area contributed by atoms with Crippen LogP contribution in [0.3, 0.4) is 0 Å². The van der Waals surface area contributed by atoms with Crippen LogP contribution in [-0.4, -0.2) is 29.2 Å². The number of allylic oxidation sites excluding steroid dienone is 6. The summed E-state index contributed by atoms with van der Waals surface area (Å²) in [7, 11) is 0. The first kappa shape index (κ1) is 41.0. The van der Waals surface area contributed by atoms with E-state index in [4.69, 9.17) is 0 Å². The van der Waals surface area contributed by atoms with Crippen molar-refractivity contribution in [2.24, 2.45) is 11.8 Å². The molecule has 0 spiro atoms. The summed E-state index contributed by atoms with van der Waals surface area (Å²) < 4.78 is 2.38. The summed E-state index contributed by atoms with van der Waals surface area (Å²) >= 11 is 0. The van der Waals surface area contributed by atoms with Gasteiger partial charge >= 0.3 is 0 Å². The van der Waals surface area contributed by atoms with Crippen molar-refractivity contribution in [2.45, 2.75) is 129 Å². The summed E-state index contributed by atoms with van der Waals surface area (Å²) in [6.07, 6.45) is 31.8. The molecule has 0 radical (unpaired) electrons. The number of Topliss-reactive ketones (excluding diaryl/α,β-unsaturated/α-hetero) is 1. The van der Waals surface area contributed by atoms with Gasteiger partial charge in [0.1, 0.15) is 6.54 Å². The van der Waals surface area contributed by atoms with Crippen LogP contribution in [0.15, 0.2) is 115 Å². The number of hydrogen-bond acceptors (Lipinski definition) is 3. The number of hydrogen-bond donors (Lipinski definition) is 0. The molecule has 0 saturated carbocycles. The van der Waals surface area contributed by atoms with Gasteiger partial charge in [0.05, 0.1) is 0 Å². The lowest BCUT2D eigenvalue weighted by molar-refractivity contribution is -0.439. The zero-order valence-electron chi connectivity index (χ0n) is 33.4. The second-order valence-corrected chi connectivity index (χ2v) is 15.5. The average Bonchev–Trinajstić information content (AvgIpc) is 3.21. The summed E-state index contributed by atoms with van der Waals surface area (Å²) in [6.45, 7) is 6.43. The summed E-state index contributed by atoms with van der Waals surface area (Å²) in [5.41, 5.74) is 5.62. The molecule has 3 aromatic carbocycles. The van der Waals surface area contributed by atoms with Crippen LogP contribution in [0, 0.1) is 11.8 Å². The zero-order chi connectivity index (χ0) is 37.8. The molecule has 1 unspecified atom stereocenters. The summed E-state index contributed by atoms with van der Waals surface area (Å²) in [4.78, 5) is 16.0. The standard InChI is InChI=1S/C50H66N2O2/c1-3-5-7-9-11-13-15-17-25-39-51(43-27-21-19-22-28-43)45-35-31-41(32-36-45)47-49(53)48(50(47)54)42-33-37-46(38-34-42)52(44-29-23-20-24-30-44)40-26-18-16-14-12-10-8-6-4-2/h19-24,27-38,41,47H,3-18,25-26,39-40H2,1-2H3. The highest BCUT2D eigenvalue weighted by Crippen LogP contribution is 2.41. The minimum atomic E-state index is -0.635. The van der Waals surface area contributed by atoms with Gasteiger partial charge in [0, 0.05) is 66.0 Å². The molecule has 0 fully saturated rings. The van der Waals surface area contributed by atoms with Gasteiger partial charge in [-0.05, 0) is 42.7 Å². The minimum absolute atomic E-state index is 0.0419. The molecule has 4 nitrogen and oxygen atoms in total. The molecule has 288 valence electrons. The van der Waals surface area contributed by atoms with Gasteiger partial charge in [0.2, 0.25) is 11.4 Å². The third-order valence-electron chi connectivity index (χ3n) is 11.3. The largest absolute Gasteiger partial charge is 0.874 e. The molecule has 0 aliphatic heterocycles. The van der Waals surface area contributed by atoms with E-state index >= 15 is 0 Å². The van der Waals surface area contributed by atoms with Crippen molar-refractivity contribution >= 4 is 34.1 Å². The summed E-state index contributed by atoms with van der Waals surface area (Å²) in [6, 6.07) is 29.2. The number of carbonyl (C=O) groups excluding carboxylic acids is 1. The van der Waals surface area contributed by atoms with E-state index < -0.39 is 5.92 Å². The molecule has 2 aliphatic rings. The lowest BCUT2D eigenvalue weighted by Gasteiger charge is -2.40. The second-order valence-electron chi connectivity index (χ2n) is 15.5. The number of para-hydroxylation sites is 2. The fraction of sp³-hybridized carbons (Fsp3) is 0.480. The predicted molar refractivity (Wildman–Crippen MR) is 228 cm³/mol. The maximum absolute atomic E-state index is 13.6. The Bertz CT molecular complexity index is 1650. The molecular formula is C50H66N2O2. The molecule has 5 rings (SSSR count). The Morgan fingerprint density at radius 3 is 1.59 bits per heavy atom. The number of anilines is 2. The number of rotatable bonds is 25. The predicted octanol–water partition coefficient (Wildman–Crippen LogP) is 12.7. The van der Waals surface area contributed by atoms with Gasteiger partial charge in [-0.3, -0.25) is 4.79 Å². The van der Waals surface area contributed by atoms with Crippen LogP contribution in [-0.2, 0) is 4.79 Å². The summed E-state index contributed by atoms with van der Waals surface area (Å²) in [5, 5.41) is 13.6. The van der Waals surface area contributed by atoms with Crippen molar-refractivity contribution in [3.8, 4) is 0 Å². The van der Waals surface area contributed by atoms with E-state index in [1.54, 1.807) is 0 Å². The highest BCUT2D eigenvalue weighted by Gasteiger charge is 2.38. The average molecular weight is 727 g/mol. The van der Waals surface area contributed by atoms with Crippen LogP contribution in [0.25, 0.3) is 5.57 Å². The fourth-order valence-electron chi connectivity index (χ4n) is 8.05. The third-order valence-corrected chi connectivity index (χ3v) is 11.3. The molecule has 0 bridgehead atoms. The highest BCUT2D eigenvalue weighted by molar-refractivity contribution is 6.29. The fourth-order valence-corrected chi connectivity index (χ4v) is 8.05. The van der Waals surface area contributed by atoms with Crippen LogP contribution in [0.1, 0.15) is 135 Å². The van der Waals surface area contributed by atoms with Crippen LogP contribution in [0.5, 0.6) is 0 Å². The van der Waals surface area contributed by atoms with Gasteiger partial charge in [-0.1, -0.05) is 171 Å². The number of nitrogens with zero attached hydrogens (tertiary/aromatic N) is 2. The van der Waals surface area contributed by atoms with Crippen LogP contribution < -0.4 is 10.0 Å². The molecule has 4 heteroatoms. The van der Waals surface area contributed by atoms with Crippen molar-refractivity contribution in [1.29, 1.82) is 0 Å². The maximum atomic E-state index is 13.6. The first-order valence-electron chi connectivity index (χ1n) is 21.6. The van der Waals surface area contributed by atoms with Crippen LogP contribution in [0.2, 0.25) is 0 Å². The molecule has 0 amide bonds. The molecule has 1 atom stereocenters. The lowest BCUT2D eigenvalue weighted by atomic mass is 9.71. The monoisotopic (exact) mass is 727 g/mol. The van der Waals surface area contributed by atoms with Gasteiger partial charge in [-0.2, -0.15) is 4.58 Å². The van der Waals surface area contributed by atoms with Crippen molar-refractivity contribution in [2.75, 3.05) is 18.0 Å². The lowest BCUT2D eigenvalue weighted by Crippen LogP contribution is -2.41. The first-order valence-corrected chi connectivity index (χ1v) is 21.6. The minimum Gasteiger partial charge on any atom is -0.874 e. The van der Waals surface area contributed by atoms with Crippen LogP contribution in [0.4, 0.5) is 17.1 Å². The van der Waals surface area contributed by atoms with Crippen molar-refractivity contribution < 1.29 is 14.5 Å². The second kappa shape index (κ2) is 22.9. The van der Waals surface area contributed by atoms with Gasteiger partial charge in [-0.15, -0.1) is 5.76 Å². The Morgan fingerprint density at radius 1 is 0.574 bits per heavy atom. The summed E-state index contributed by atoms with van der Waals surface area (Å²) in [5.74, 6) is -0.935. The van der Waals surface area contributed by atoms with Crippen molar-refractivity contribution in [3.63, 3.8) is 0 Å². The van der Waals surface area contributed by atoms with E-state index in [0.29, 0.717) is 5.57 Å². The van der Waals surface area contributed by atoms with E-state index in [9.17, 15) is 9.90 Å². The van der Waals surface area contributed by atoms with E-state index in [1.165, 1.54) is 114 Å². The molecule has 0 saturated heterocycles. The Kier molecular flexibility index (Phi) is 17.4. The first-order chi connectivity index (χ1) is 26.6. The van der Waals surface area contributed by atoms with E-state index in [0.717, 1.165) is 42.9 Å². The van der Waals surface area contributed by atoms with Gasteiger partial charge in [-0.25, -0.2) is 0 Å². The van der Waals surface area contributed by atoms with Crippen molar-refractivity contribution in [1.82, 2.24) is 0 Å². The molecule has 54 heavy (non-hydrogen) atoms. The van der Waals surface area contributed by atoms with E-state index in [2.05, 4.69) is 120 Å². The smallest absolute Gasteiger partial charge is 0.205 e. The Labute approximate surface area is 327 Å². The number of carbonyl (C=O) groups is 1. The Hall–Kier alpha value is -4.18. The highest BCUT2D eigenvalue weighted by atomic mass is 16.3. The quantitative estimate of drug-likeness (QED) is 0.0645. The van der Waals surface area contributed by atoms with E-state index in [-0.39, 0.29) is 17.5 Å². The molecule has 0 N–H and O–H groups in total. The van der Waals surface area contributed by atoms with Gasteiger partial charge in [0.25, 0.3) is 0 Å². The molecular weight excluding hydrogens is 661 g/mol. The molecule has 3 aromatic rings. The number of unbranched alkanes of at least 4 members (excludes halogenated alkanes) is 16. The van der Waals surface area contributed by atoms with Crippen molar-refractivity contribution in [3.05, 3.63) is 121 Å².